The van der Waals surface area contributed by atoms with E-state index in [0.29, 0.717) is 5.92 Å². The third kappa shape index (κ3) is 4.92. The maximum absolute atomic E-state index is 5.70. The minimum atomic E-state index is 0.681. The van der Waals surface area contributed by atoms with Crippen LogP contribution in [0.5, 0.6) is 5.75 Å². The van der Waals surface area contributed by atoms with E-state index in [9.17, 15) is 0 Å². The Morgan fingerprint density at radius 2 is 2.05 bits per heavy atom. The van der Waals surface area contributed by atoms with Crippen LogP contribution in [0.1, 0.15) is 25.8 Å². The lowest BCUT2D eigenvalue weighted by Crippen LogP contribution is -2.01. The summed E-state index contributed by atoms with van der Waals surface area (Å²) in [5, 5.41) is 0. The highest BCUT2D eigenvalue weighted by Gasteiger charge is 1.96. The number of imidazole rings is 1. The molecule has 2 aromatic rings. The van der Waals surface area contributed by atoms with Crippen molar-refractivity contribution in [2.24, 2.45) is 5.92 Å². The fourth-order valence-electron chi connectivity index (χ4n) is 1.79. The summed E-state index contributed by atoms with van der Waals surface area (Å²) in [6, 6.07) is 8.21. The lowest BCUT2D eigenvalue weighted by molar-refractivity contribution is 0.289. The fourth-order valence-corrected chi connectivity index (χ4v) is 1.79. The third-order valence-electron chi connectivity index (χ3n) is 3.03. The molecule has 1 heterocycles. The first-order valence-corrected chi connectivity index (χ1v) is 7.09. The molecule has 0 aliphatic heterocycles. The second-order valence-corrected chi connectivity index (χ2v) is 5.26. The normalized spacial score (nSPS) is 11.3. The van der Waals surface area contributed by atoms with Crippen molar-refractivity contribution >= 4 is 6.08 Å². The Hall–Kier alpha value is -2.03. The SMILES string of the molecule is CC(C)CCOc1ccc(C=CCn2ccnc2)cc1. The van der Waals surface area contributed by atoms with Crippen LogP contribution in [0.4, 0.5) is 0 Å². The van der Waals surface area contributed by atoms with Gasteiger partial charge in [0.25, 0.3) is 0 Å². The lowest BCUT2D eigenvalue weighted by atomic mass is 10.1. The molecule has 0 spiro atoms. The largest absolute Gasteiger partial charge is 0.494 e. The Kier molecular flexibility index (Phi) is 5.42. The van der Waals surface area contributed by atoms with Gasteiger partial charge in [-0.15, -0.1) is 0 Å². The van der Waals surface area contributed by atoms with E-state index >= 15 is 0 Å². The van der Waals surface area contributed by atoms with E-state index in [1.165, 1.54) is 5.56 Å². The Balaban J connectivity index is 1.80. The first kappa shape index (κ1) is 14.4. The van der Waals surface area contributed by atoms with Crippen molar-refractivity contribution in [1.29, 1.82) is 0 Å². The van der Waals surface area contributed by atoms with Gasteiger partial charge in [-0.3, -0.25) is 0 Å². The predicted octanol–water partition coefficient (Wildman–Crippen LogP) is 4.02. The average Bonchev–Trinajstić information content (AvgIpc) is 2.93. The summed E-state index contributed by atoms with van der Waals surface area (Å²) in [7, 11) is 0. The van der Waals surface area contributed by atoms with Crippen LogP contribution in [0.2, 0.25) is 0 Å². The topological polar surface area (TPSA) is 27.1 Å². The average molecular weight is 270 g/mol. The molecule has 1 aromatic carbocycles. The van der Waals surface area contributed by atoms with E-state index in [2.05, 4.69) is 43.1 Å². The molecule has 2 rings (SSSR count). The second kappa shape index (κ2) is 7.53. The maximum atomic E-state index is 5.70. The molecule has 20 heavy (non-hydrogen) atoms. The Morgan fingerprint density at radius 3 is 2.70 bits per heavy atom. The summed E-state index contributed by atoms with van der Waals surface area (Å²) < 4.78 is 7.73. The van der Waals surface area contributed by atoms with Crippen molar-refractivity contribution in [2.45, 2.75) is 26.8 Å². The first-order valence-electron chi connectivity index (χ1n) is 7.09. The van der Waals surface area contributed by atoms with Crippen molar-refractivity contribution in [3.63, 3.8) is 0 Å². The summed E-state index contributed by atoms with van der Waals surface area (Å²) in [4.78, 5) is 4.01. The summed E-state index contributed by atoms with van der Waals surface area (Å²) in [6.45, 7) is 6.04. The first-order chi connectivity index (χ1) is 9.74. The van der Waals surface area contributed by atoms with Crippen LogP contribution in [0.15, 0.2) is 49.1 Å². The van der Waals surface area contributed by atoms with Gasteiger partial charge in [0.1, 0.15) is 5.75 Å². The van der Waals surface area contributed by atoms with Gasteiger partial charge in [0.05, 0.1) is 12.9 Å². The van der Waals surface area contributed by atoms with Crippen molar-refractivity contribution in [3.05, 3.63) is 54.6 Å². The Labute approximate surface area is 120 Å². The van der Waals surface area contributed by atoms with Crippen LogP contribution in [0.3, 0.4) is 0 Å². The number of aromatic nitrogens is 2. The number of benzene rings is 1. The molecule has 0 saturated carbocycles. The van der Waals surface area contributed by atoms with Crippen molar-refractivity contribution in [2.75, 3.05) is 6.61 Å². The molecule has 0 bridgehead atoms. The van der Waals surface area contributed by atoms with Crippen LogP contribution < -0.4 is 4.74 Å². The zero-order valence-electron chi connectivity index (χ0n) is 12.2. The van der Waals surface area contributed by atoms with Gasteiger partial charge in [0.2, 0.25) is 0 Å². The number of ether oxygens (including phenoxy) is 1. The zero-order valence-corrected chi connectivity index (χ0v) is 12.2. The van der Waals surface area contributed by atoms with E-state index in [-0.39, 0.29) is 0 Å². The Morgan fingerprint density at radius 1 is 1.25 bits per heavy atom. The molecule has 0 saturated heterocycles. The van der Waals surface area contributed by atoms with E-state index in [0.717, 1.165) is 25.3 Å². The second-order valence-electron chi connectivity index (χ2n) is 5.26. The van der Waals surface area contributed by atoms with E-state index in [4.69, 9.17) is 4.74 Å². The number of rotatable bonds is 7. The third-order valence-corrected chi connectivity index (χ3v) is 3.03. The van der Waals surface area contributed by atoms with Crippen LogP contribution in [0, 0.1) is 5.92 Å². The van der Waals surface area contributed by atoms with Gasteiger partial charge in [-0.05, 0) is 30.0 Å². The molecule has 0 amide bonds. The van der Waals surface area contributed by atoms with Gasteiger partial charge in [-0.25, -0.2) is 4.98 Å². The molecule has 0 fully saturated rings. The maximum Gasteiger partial charge on any atom is 0.119 e. The van der Waals surface area contributed by atoms with Crippen LogP contribution in [-0.4, -0.2) is 16.2 Å². The van der Waals surface area contributed by atoms with Gasteiger partial charge < -0.3 is 9.30 Å². The van der Waals surface area contributed by atoms with Gasteiger partial charge in [-0.2, -0.15) is 0 Å². The minimum Gasteiger partial charge on any atom is -0.494 e. The molecule has 0 N–H and O–H groups in total. The lowest BCUT2D eigenvalue weighted by Gasteiger charge is -2.08. The van der Waals surface area contributed by atoms with Crippen LogP contribution in [-0.2, 0) is 6.54 Å². The molecule has 106 valence electrons. The number of allylic oxidation sites excluding steroid dienone is 1. The molecular weight excluding hydrogens is 248 g/mol. The Bertz CT molecular complexity index is 512. The fraction of sp³-hybridized carbons (Fsp3) is 0.353. The van der Waals surface area contributed by atoms with Crippen LogP contribution >= 0.6 is 0 Å². The summed E-state index contributed by atoms with van der Waals surface area (Å²) in [5.74, 6) is 1.62. The van der Waals surface area contributed by atoms with E-state index < -0.39 is 0 Å². The quantitative estimate of drug-likeness (QED) is 0.759. The van der Waals surface area contributed by atoms with Gasteiger partial charge >= 0.3 is 0 Å². The summed E-state index contributed by atoms with van der Waals surface area (Å²) in [5.41, 5.74) is 1.18. The van der Waals surface area contributed by atoms with Gasteiger partial charge in [-0.1, -0.05) is 38.1 Å². The molecule has 0 unspecified atom stereocenters. The van der Waals surface area contributed by atoms with Gasteiger partial charge in [0, 0.05) is 18.9 Å². The molecule has 0 aliphatic carbocycles. The van der Waals surface area contributed by atoms with Crippen LogP contribution in [0.25, 0.3) is 6.08 Å². The highest BCUT2D eigenvalue weighted by atomic mass is 16.5. The number of nitrogens with zero attached hydrogens (tertiary/aromatic N) is 2. The standard InChI is InChI=1S/C17H22N2O/c1-15(2)9-13-20-17-7-5-16(6-8-17)4-3-11-19-12-10-18-14-19/h3-8,10,12,14-15H,9,11,13H2,1-2H3. The smallest absolute Gasteiger partial charge is 0.119 e. The summed E-state index contributed by atoms with van der Waals surface area (Å²) in [6.07, 6.45) is 10.9. The van der Waals surface area contributed by atoms with E-state index in [1.807, 2.05) is 29.2 Å². The molecule has 0 radical (unpaired) electrons. The van der Waals surface area contributed by atoms with Gasteiger partial charge in [0.15, 0.2) is 0 Å². The number of hydrogen-bond donors (Lipinski definition) is 0. The monoisotopic (exact) mass is 270 g/mol. The van der Waals surface area contributed by atoms with Crippen molar-refractivity contribution in [1.82, 2.24) is 9.55 Å². The van der Waals surface area contributed by atoms with Crippen molar-refractivity contribution < 1.29 is 4.74 Å². The molecule has 3 heteroatoms. The zero-order chi connectivity index (χ0) is 14.2. The highest BCUT2D eigenvalue weighted by Crippen LogP contribution is 2.14. The molecule has 1 aromatic heterocycles. The van der Waals surface area contributed by atoms with Crippen molar-refractivity contribution in [3.8, 4) is 5.75 Å². The van der Waals surface area contributed by atoms with E-state index in [1.54, 1.807) is 6.20 Å². The highest BCUT2D eigenvalue weighted by molar-refractivity contribution is 5.50. The predicted molar refractivity (Wildman–Crippen MR) is 82.7 cm³/mol. The molecule has 0 aliphatic rings. The molecule has 3 nitrogen and oxygen atoms in total. The summed E-state index contributed by atoms with van der Waals surface area (Å²) >= 11 is 0. The number of hydrogen-bond acceptors (Lipinski definition) is 2. The molecule has 0 atom stereocenters. The molecular formula is C17H22N2O. The minimum absolute atomic E-state index is 0.681.